The topological polar surface area (TPSA) is 69.6 Å². The second-order valence-electron chi connectivity index (χ2n) is 5.74. The molecular formula is C21H19NO3. The quantitative estimate of drug-likeness (QED) is 0.667. The lowest BCUT2D eigenvalue weighted by molar-refractivity contribution is 0.0172. The highest BCUT2D eigenvalue weighted by Gasteiger charge is 2.20. The summed E-state index contributed by atoms with van der Waals surface area (Å²) < 4.78 is 0. The van der Waals surface area contributed by atoms with E-state index >= 15 is 0 Å². The lowest BCUT2D eigenvalue weighted by Crippen LogP contribution is -2.12. The molecule has 0 aliphatic carbocycles. The van der Waals surface area contributed by atoms with Gasteiger partial charge in [-0.05, 0) is 35.4 Å². The highest BCUT2D eigenvalue weighted by Crippen LogP contribution is 2.29. The zero-order valence-electron chi connectivity index (χ0n) is 13.5. The van der Waals surface area contributed by atoms with Gasteiger partial charge in [0.15, 0.2) is 0 Å². The Balaban J connectivity index is 1.68. The van der Waals surface area contributed by atoms with Crippen LogP contribution < -0.4 is 5.32 Å². The van der Waals surface area contributed by atoms with Crippen LogP contribution in [0.5, 0.6) is 0 Å². The lowest BCUT2D eigenvalue weighted by Gasteiger charge is -2.19. The van der Waals surface area contributed by atoms with E-state index in [1.807, 2.05) is 24.3 Å². The van der Waals surface area contributed by atoms with Crippen LogP contribution >= 0.6 is 0 Å². The van der Waals surface area contributed by atoms with Crippen LogP contribution in [0.3, 0.4) is 0 Å². The molecule has 0 aliphatic rings. The van der Waals surface area contributed by atoms with Crippen molar-refractivity contribution in [2.75, 3.05) is 5.32 Å². The highest BCUT2D eigenvalue weighted by molar-refractivity contribution is 6.04. The molecule has 25 heavy (non-hydrogen) atoms. The third kappa shape index (κ3) is 4.12. The van der Waals surface area contributed by atoms with Gasteiger partial charge in [-0.2, -0.15) is 0 Å². The Bertz CT molecular complexity index is 817. The number of anilines is 1. The number of hydrogen-bond donors (Lipinski definition) is 3. The maximum atomic E-state index is 12.1. The molecule has 0 aromatic heterocycles. The van der Waals surface area contributed by atoms with Crippen molar-refractivity contribution in [3.63, 3.8) is 0 Å². The summed E-state index contributed by atoms with van der Waals surface area (Å²) in [7, 11) is 0. The molecule has 0 bridgehead atoms. The second kappa shape index (κ2) is 7.75. The van der Waals surface area contributed by atoms with Crippen molar-refractivity contribution in [3.8, 4) is 0 Å². The van der Waals surface area contributed by atoms with E-state index in [2.05, 4.69) is 5.32 Å². The van der Waals surface area contributed by atoms with Gasteiger partial charge in [0.2, 0.25) is 0 Å². The molecule has 0 saturated heterocycles. The van der Waals surface area contributed by atoms with Crippen molar-refractivity contribution < 1.29 is 15.0 Å². The SMILES string of the molecule is O=C(Nc1ccc([C@H](O)[C@H](O)c2ccccc2)cc1)c1ccccc1. The molecule has 4 heteroatoms. The number of benzene rings is 3. The Morgan fingerprint density at radius 1 is 0.680 bits per heavy atom. The minimum absolute atomic E-state index is 0.196. The summed E-state index contributed by atoms with van der Waals surface area (Å²) in [6.07, 6.45) is -2.05. The standard InChI is InChI=1S/C21H19NO3/c23-19(15-7-3-1-4-8-15)20(24)16-11-13-18(14-12-16)22-21(25)17-9-5-2-6-10-17/h1-14,19-20,23-24H,(H,22,25)/t19-,20+/m1/s1. The van der Waals surface area contributed by atoms with E-state index in [4.69, 9.17) is 0 Å². The first kappa shape index (κ1) is 16.9. The molecule has 0 aliphatic heterocycles. The number of amides is 1. The monoisotopic (exact) mass is 333 g/mol. The Hall–Kier alpha value is -2.95. The minimum Gasteiger partial charge on any atom is -0.385 e. The third-order valence-corrected chi connectivity index (χ3v) is 3.99. The van der Waals surface area contributed by atoms with Gasteiger partial charge in [0, 0.05) is 11.3 Å². The van der Waals surface area contributed by atoms with Crippen LogP contribution in [0.2, 0.25) is 0 Å². The molecule has 2 atom stereocenters. The zero-order chi connectivity index (χ0) is 17.6. The number of aliphatic hydroxyl groups is 2. The number of hydrogen-bond acceptors (Lipinski definition) is 3. The Morgan fingerprint density at radius 2 is 1.16 bits per heavy atom. The van der Waals surface area contributed by atoms with Crippen molar-refractivity contribution >= 4 is 11.6 Å². The molecular weight excluding hydrogens is 314 g/mol. The van der Waals surface area contributed by atoms with Crippen LogP contribution in [0, 0.1) is 0 Å². The van der Waals surface area contributed by atoms with Gasteiger partial charge in [-0.3, -0.25) is 4.79 Å². The molecule has 3 aromatic carbocycles. The van der Waals surface area contributed by atoms with Gasteiger partial charge < -0.3 is 15.5 Å². The summed E-state index contributed by atoms with van der Waals surface area (Å²) in [6, 6.07) is 24.7. The molecule has 0 fully saturated rings. The molecule has 4 nitrogen and oxygen atoms in total. The van der Waals surface area contributed by atoms with Crippen LogP contribution in [0.1, 0.15) is 33.7 Å². The highest BCUT2D eigenvalue weighted by atomic mass is 16.3. The molecule has 3 rings (SSSR count). The maximum absolute atomic E-state index is 12.1. The number of aliphatic hydroxyl groups excluding tert-OH is 2. The summed E-state index contributed by atoms with van der Waals surface area (Å²) in [6.45, 7) is 0. The first-order chi connectivity index (χ1) is 12.1. The first-order valence-corrected chi connectivity index (χ1v) is 8.02. The average Bonchev–Trinajstić information content (AvgIpc) is 2.69. The first-order valence-electron chi connectivity index (χ1n) is 8.02. The molecule has 0 radical (unpaired) electrons. The van der Waals surface area contributed by atoms with E-state index in [9.17, 15) is 15.0 Å². The minimum atomic E-state index is -1.04. The van der Waals surface area contributed by atoms with Crippen LogP contribution in [0.15, 0.2) is 84.9 Å². The van der Waals surface area contributed by atoms with Gasteiger partial charge in [0.1, 0.15) is 12.2 Å². The van der Waals surface area contributed by atoms with Crippen molar-refractivity contribution in [2.45, 2.75) is 12.2 Å². The van der Waals surface area contributed by atoms with E-state index in [-0.39, 0.29) is 5.91 Å². The molecule has 1 amide bonds. The maximum Gasteiger partial charge on any atom is 0.255 e. The number of nitrogens with one attached hydrogen (secondary N) is 1. The molecule has 0 unspecified atom stereocenters. The van der Waals surface area contributed by atoms with Crippen LogP contribution in [-0.2, 0) is 0 Å². The average molecular weight is 333 g/mol. The van der Waals surface area contributed by atoms with E-state index in [0.717, 1.165) is 0 Å². The van der Waals surface area contributed by atoms with Crippen LogP contribution in [0.25, 0.3) is 0 Å². The van der Waals surface area contributed by atoms with Gasteiger partial charge in [-0.1, -0.05) is 60.7 Å². The van der Waals surface area contributed by atoms with Gasteiger partial charge in [0.05, 0.1) is 0 Å². The van der Waals surface area contributed by atoms with Gasteiger partial charge in [0.25, 0.3) is 5.91 Å². The fourth-order valence-electron chi connectivity index (χ4n) is 2.57. The van der Waals surface area contributed by atoms with E-state index in [0.29, 0.717) is 22.4 Å². The normalized spacial score (nSPS) is 13.0. The number of carbonyl (C=O) groups excluding carboxylic acids is 1. The molecule has 0 saturated carbocycles. The second-order valence-corrected chi connectivity index (χ2v) is 5.74. The predicted molar refractivity (Wildman–Crippen MR) is 97.2 cm³/mol. The van der Waals surface area contributed by atoms with Crippen LogP contribution in [-0.4, -0.2) is 16.1 Å². The summed E-state index contributed by atoms with van der Waals surface area (Å²) >= 11 is 0. The largest absolute Gasteiger partial charge is 0.385 e. The predicted octanol–water partition coefficient (Wildman–Crippen LogP) is 3.71. The number of rotatable bonds is 5. The summed E-state index contributed by atoms with van der Waals surface area (Å²) in [5, 5.41) is 23.4. The van der Waals surface area contributed by atoms with Gasteiger partial charge in [-0.15, -0.1) is 0 Å². The van der Waals surface area contributed by atoms with Gasteiger partial charge >= 0.3 is 0 Å². The molecule has 0 heterocycles. The molecule has 3 N–H and O–H groups in total. The molecule has 0 spiro atoms. The zero-order valence-corrected chi connectivity index (χ0v) is 13.5. The Kier molecular flexibility index (Phi) is 5.23. The van der Waals surface area contributed by atoms with Crippen molar-refractivity contribution in [1.29, 1.82) is 0 Å². The lowest BCUT2D eigenvalue weighted by atomic mass is 9.98. The summed E-state index contributed by atoms with van der Waals surface area (Å²) in [5.41, 5.74) is 2.43. The van der Waals surface area contributed by atoms with E-state index in [1.54, 1.807) is 60.7 Å². The fraction of sp³-hybridized carbons (Fsp3) is 0.0952. The number of carbonyl (C=O) groups is 1. The van der Waals surface area contributed by atoms with Crippen molar-refractivity contribution in [1.82, 2.24) is 0 Å². The van der Waals surface area contributed by atoms with Crippen molar-refractivity contribution in [2.24, 2.45) is 0 Å². The summed E-state index contributed by atoms with van der Waals surface area (Å²) in [4.78, 5) is 12.1. The Labute approximate surface area is 146 Å². The Morgan fingerprint density at radius 3 is 1.72 bits per heavy atom. The molecule has 126 valence electrons. The third-order valence-electron chi connectivity index (χ3n) is 3.99. The smallest absolute Gasteiger partial charge is 0.255 e. The van der Waals surface area contributed by atoms with E-state index < -0.39 is 12.2 Å². The van der Waals surface area contributed by atoms with Crippen molar-refractivity contribution in [3.05, 3.63) is 102 Å². The fourth-order valence-corrected chi connectivity index (χ4v) is 2.57. The molecule has 3 aromatic rings. The van der Waals surface area contributed by atoms with E-state index in [1.165, 1.54) is 0 Å². The van der Waals surface area contributed by atoms with Gasteiger partial charge in [-0.25, -0.2) is 0 Å². The summed E-state index contributed by atoms with van der Waals surface area (Å²) in [5.74, 6) is -0.196. The van der Waals surface area contributed by atoms with Crippen LogP contribution in [0.4, 0.5) is 5.69 Å².